The summed E-state index contributed by atoms with van der Waals surface area (Å²) < 4.78 is 1.78. The number of quaternary nitrogens is 2. The molecule has 2 rings (SSSR count). The molecule has 17 heavy (non-hydrogen) atoms. The first-order valence-corrected chi connectivity index (χ1v) is 5.53. The van der Waals surface area contributed by atoms with Gasteiger partial charge >= 0.3 is 0 Å². The highest BCUT2D eigenvalue weighted by Gasteiger charge is 2.36. The Kier molecular flexibility index (Phi) is 2.95. The molecule has 2 heterocycles. The number of likely N-dealkylation sites (N-methyl/N-ethyl adjacent to an activating group) is 1. The Bertz CT molecular complexity index is 465. The van der Waals surface area contributed by atoms with Crippen LogP contribution in [0.2, 0.25) is 0 Å². The number of rotatable bonds is 3. The lowest BCUT2D eigenvalue weighted by Crippen LogP contribution is -3.06. The highest BCUT2D eigenvalue weighted by Crippen LogP contribution is 2.17. The summed E-state index contributed by atoms with van der Waals surface area (Å²) in [4.78, 5) is 28.5. The van der Waals surface area contributed by atoms with E-state index in [1.54, 1.807) is 10.9 Å². The normalized spacial score (nSPS) is 19.4. The number of fused-ring (bicyclic) bond motifs is 1. The van der Waals surface area contributed by atoms with E-state index in [4.69, 9.17) is 0 Å². The minimum Gasteiger partial charge on any atom is -0.342 e. The number of nitrogens with one attached hydrogen (secondary N) is 2. The van der Waals surface area contributed by atoms with Crippen LogP contribution in [-0.2, 0) is 11.3 Å². The summed E-state index contributed by atoms with van der Waals surface area (Å²) in [6.07, 6.45) is 1.60. The lowest BCUT2D eigenvalue weighted by molar-refractivity contribution is -0.858. The number of hydrogen-bond acceptors (Lipinski definition) is 3. The molecule has 0 radical (unpaired) electrons. The van der Waals surface area contributed by atoms with Gasteiger partial charge in [0, 0.05) is 0 Å². The van der Waals surface area contributed by atoms with Crippen molar-refractivity contribution in [3.05, 3.63) is 17.7 Å². The summed E-state index contributed by atoms with van der Waals surface area (Å²) in [6.45, 7) is 1.57. The van der Waals surface area contributed by atoms with E-state index >= 15 is 0 Å². The second-order valence-electron chi connectivity index (χ2n) is 4.50. The van der Waals surface area contributed by atoms with Gasteiger partial charge in [-0.1, -0.05) is 0 Å². The maximum atomic E-state index is 11.7. The van der Waals surface area contributed by atoms with Crippen molar-refractivity contribution < 1.29 is 20.2 Å². The summed E-state index contributed by atoms with van der Waals surface area (Å²) >= 11 is 0. The molecule has 0 saturated heterocycles. The van der Waals surface area contributed by atoms with E-state index in [1.807, 2.05) is 14.1 Å². The van der Waals surface area contributed by atoms with Crippen LogP contribution >= 0.6 is 0 Å². The third kappa shape index (κ3) is 2.06. The Balaban J connectivity index is 2.30. The summed E-state index contributed by atoms with van der Waals surface area (Å²) in [5.74, 6) is -0.762. The van der Waals surface area contributed by atoms with Crippen LogP contribution in [0.1, 0.15) is 22.2 Å². The highest BCUT2D eigenvalue weighted by atomic mass is 16.2. The minimum atomic E-state index is -0.601. The average molecular weight is 239 g/mol. The van der Waals surface area contributed by atoms with Gasteiger partial charge in [0.2, 0.25) is 6.04 Å². The van der Waals surface area contributed by atoms with Crippen LogP contribution in [0, 0.1) is 0 Å². The minimum absolute atomic E-state index is 0.379. The molecule has 0 saturated carbocycles. The molecule has 1 atom stereocenters. The number of carbonyl (C=O) groups is 2. The zero-order chi connectivity index (χ0) is 12.6. The van der Waals surface area contributed by atoms with E-state index in [9.17, 15) is 9.59 Å². The quantitative estimate of drug-likeness (QED) is 0.479. The van der Waals surface area contributed by atoms with Crippen molar-refractivity contribution in [1.82, 2.24) is 14.9 Å². The Morgan fingerprint density at radius 1 is 1.53 bits per heavy atom. The summed E-state index contributed by atoms with van der Waals surface area (Å²) in [7, 11) is 4.08. The van der Waals surface area contributed by atoms with Crippen LogP contribution in [-0.4, -0.2) is 42.0 Å². The van der Waals surface area contributed by atoms with E-state index < -0.39 is 6.04 Å². The number of imidazole rings is 1. The third-order valence-corrected chi connectivity index (χ3v) is 2.82. The van der Waals surface area contributed by atoms with Crippen LogP contribution in [0.5, 0.6) is 0 Å². The van der Waals surface area contributed by atoms with Crippen molar-refractivity contribution in [2.45, 2.75) is 12.6 Å². The van der Waals surface area contributed by atoms with Gasteiger partial charge < -0.3 is 15.2 Å². The molecule has 5 N–H and O–H groups in total. The largest absolute Gasteiger partial charge is 0.342 e. The molecule has 0 fully saturated rings. The average Bonchev–Trinajstić information content (AvgIpc) is 2.67. The lowest BCUT2D eigenvalue weighted by atomic mass is 10.1. The molecule has 0 bridgehead atoms. The molecule has 0 unspecified atom stereocenters. The summed E-state index contributed by atoms with van der Waals surface area (Å²) in [5, 5.41) is 2.29. The van der Waals surface area contributed by atoms with Crippen molar-refractivity contribution >= 4 is 11.8 Å². The van der Waals surface area contributed by atoms with Crippen LogP contribution in [0.3, 0.4) is 0 Å². The number of aromatic nitrogens is 2. The molecule has 0 aromatic carbocycles. The van der Waals surface area contributed by atoms with Gasteiger partial charge in [0.15, 0.2) is 0 Å². The van der Waals surface area contributed by atoms with Crippen LogP contribution < -0.4 is 16.0 Å². The smallest absolute Gasteiger partial charge is 0.291 e. The molecule has 1 aliphatic heterocycles. The maximum Gasteiger partial charge on any atom is 0.291 e. The molecule has 2 amide bonds. The molecule has 1 aliphatic rings. The van der Waals surface area contributed by atoms with Crippen molar-refractivity contribution in [1.29, 1.82) is 0 Å². The number of carbonyl (C=O) groups excluding carboxylic acids is 2. The van der Waals surface area contributed by atoms with Crippen molar-refractivity contribution in [2.75, 3.05) is 20.6 Å². The van der Waals surface area contributed by atoms with Gasteiger partial charge in [-0.05, 0) is 0 Å². The van der Waals surface area contributed by atoms with Gasteiger partial charge in [-0.2, -0.15) is 0 Å². The predicted octanol–water partition coefficient (Wildman–Crippen LogP) is -3.42. The zero-order valence-electron chi connectivity index (χ0n) is 9.99. The fourth-order valence-electron chi connectivity index (χ4n) is 1.80. The van der Waals surface area contributed by atoms with Gasteiger partial charge in [0.25, 0.3) is 11.8 Å². The van der Waals surface area contributed by atoms with Crippen molar-refractivity contribution in [2.24, 2.45) is 0 Å². The van der Waals surface area contributed by atoms with E-state index in [0.717, 1.165) is 6.54 Å². The number of hydrogen-bond donors (Lipinski definition) is 3. The molecule has 0 spiro atoms. The van der Waals surface area contributed by atoms with Gasteiger partial charge in [0.1, 0.15) is 11.4 Å². The van der Waals surface area contributed by atoms with E-state index in [0.29, 0.717) is 17.9 Å². The fraction of sp³-hybridized carbons (Fsp3) is 0.500. The number of nitrogens with zero attached hydrogens (tertiary/aromatic N) is 2. The molecule has 92 valence electrons. The van der Waals surface area contributed by atoms with Crippen LogP contribution in [0.25, 0.3) is 0 Å². The molecule has 0 aliphatic carbocycles. The Labute approximate surface area is 98.6 Å². The van der Waals surface area contributed by atoms with E-state index in [1.165, 1.54) is 4.90 Å². The fourth-order valence-corrected chi connectivity index (χ4v) is 1.80. The molecule has 1 aromatic rings. The standard InChI is InChI=1S/C10H15N5O2/c1-14(2)3-4-15-5-12-7-6(11)9(16)13-10(17)8(7)15/h5-6H,3-4,11H2,1-2H3,(H,13,16,17)/p+2/t6-/m0/s1. The first-order chi connectivity index (χ1) is 8.00. The second kappa shape index (κ2) is 4.27. The Morgan fingerprint density at radius 3 is 2.88 bits per heavy atom. The second-order valence-corrected chi connectivity index (χ2v) is 4.50. The zero-order valence-corrected chi connectivity index (χ0v) is 9.99. The highest BCUT2D eigenvalue weighted by molar-refractivity contribution is 6.09. The molecule has 1 aromatic heterocycles. The van der Waals surface area contributed by atoms with Gasteiger partial charge in [-0.3, -0.25) is 14.9 Å². The van der Waals surface area contributed by atoms with Gasteiger partial charge in [0.05, 0.1) is 33.5 Å². The lowest BCUT2D eigenvalue weighted by Gasteiger charge is -2.16. The first kappa shape index (κ1) is 11.7. The summed E-state index contributed by atoms with van der Waals surface area (Å²) in [6, 6.07) is -0.601. The van der Waals surface area contributed by atoms with Gasteiger partial charge in [-0.15, -0.1) is 0 Å². The molecule has 7 heteroatoms. The van der Waals surface area contributed by atoms with E-state index in [2.05, 4.69) is 16.0 Å². The van der Waals surface area contributed by atoms with Crippen LogP contribution in [0.4, 0.5) is 0 Å². The Hall–Kier alpha value is -1.73. The monoisotopic (exact) mass is 239 g/mol. The Morgan fingerprint density at radius 2 is 2.24 bits per heavy atom. The first-order valence-electron chi connectivity index (χ1n) is 5.53. The van der Waals surface area contributed by atoms with Crippen molar-refractivity contribution in [3.63, 3.8) is 0 Å². The maximum absolute atomic E-state index is 11.7. The number of imide groups is 1. The SMILES string of the molecule is C[NH+](C)CCn1cnc2c1C(=O)NC(=O)[C@H]2[NH3+]. The van der Waals surface area contributed by atoms with Crippen molar-refractivity contribution in [3.8, 4) is 0 Å². The molecule has 7 nitrogen and oxygen atoms in total. The predicted molar refractivity (Wildman–Crippen MR) is 58.0 cm³/mol. The third-order valence-electron chi connectivity index (χ3n) is 2.82. The summed E-state index contributed by atoms with van der Waals surface area (Å²) in [5.41, 5.74) is 4.66. The molecular formula is C10H17N5O2+2. The molecular weight excluding hydrogens is 222 g/mol. The van der Waals surface area contributed by atoms with E-state index in [-0.39, 0.29) is 11.8 Å². The van der Waals surface area contributed by atoms with Gasteiger partial charge in [-0.25, -0.2) is 4.98 Å². The van der Waals surface area contributed by atoms with Crippen LogP contribution in [0.15, 0.2) is 6.33 Å². The number of amides is 2. The topological polar surface area (TPSA) is 96.1 Å².